The van der Waals surface area contributed by atoms with E-state index < -0.39 is 0 Å². The standard InChI is InChI=1S/C36H31NO2/c1-35(2,3)21-13-18-28(36(4,5)6)29(19-21)37-33(38)26-16-14-24-22-11-7-9-20-10-8-12-23(30(20)22)25-15-17-27(34(37)39)32(26)31(24)25/h7-19H,1-6H3. The fraction of sp³-hybridized carbons (Fsp3) is 0.222. The van der Waals surface area contributed by atoms with E-state index in [0.29, 0.717) is 16.8 Å². The van der Waals surface area contributed by atoms with Crippen molar-refractivity contribution in [2.24, 2.45) is 0 Å². The van der Waals surface area contributed by atoms with Crippen LogP contribution in [0.25, 0.3) is 43.1 Å². The van der Waals surface area contributed by atoms with Crippen LogP contribution in [0.1, 0.15) is 73.4 Å². The van der Waals surface area contributed by atoms with Gasteiger partial charge < -0.3 is 0 Å². The molecule has 0 saturated carbocycles. The molecule has 0 unspecified atom stereocenters. The highest BCUT2D eigenvalue weighted by molar-refractivity contribution is 6.42. The van der Waals surface area contributed by atoms with Crippen LogP contribution >= 0.6 is 0 Å². The molecule has 0 spiro atoms. The summed E-state index contributed by atoms with van der Waals surface area (Å²) in [5, 5.41) is 8.63. The van der Waals surface area contributed by atoms with Crippen molar-refractivity contribution in [3.8, 4) is 0 Å². The van der Waals surface area contributed by atoms with Crippen LogP contribution in [0.4, 0.5) is 5.69 Å². The molecule has 39 heavy (non-hydrogen) atoms. The number of amides is 2. The minimum absolute atomic E-state index is 0.125. The Balaban J connectivity index is 1.55. The van der Waals surface area contributed by atoms with Crippen molar-refractivity contribution in [2.45, 2.75) is 52.4 Å². The van der Waals surface area contributed by atoms with Crippen LogP contribution in [-0.4, -0.2) is 11.8 Å². The van der Waals surface area contributed by atoms with Crippen LogP contribution in [0, 0.1) is 0 Å². The molecule has 0 radical (unpaired) electrons. The minimum Gasteiger partial charge on any atom is -0.268 e. The number of anilines is 1. The highest BCUT2D eigenvalue weighted by Crippen LogP contribution is 2.45. The Morgan fingerprint density at radius 2 is 1.08 bits per heavy atom. The van der Waals surface area contributed by atoms with Gasteiger partial charge in [0.25, 0.3) is 11.8 Å². The van der Waals surface area contributed by atoms with Gasteiger partial charge in [-0.2, -0.15) is 0 Å². The Morgan fingerprint density at radius 3 is 1.59 bits per heavy atom. The van der Waals surface area contributed by atoms with Gasteiger partial charge in [-0.15, -0.1) is 0 Å². The molecule has 3 nitrogen and oxygen atoms in total. The van der Waals surface area contributed by atoms with E-state index in [4.69, 9.17) is 0 Å². The summed E-state index contributed by atoms with van der Waals surface area (Å²) in [7, 11) is 0. The summed E-state index contributed by atoms with van der Waals surface area (Å²) in [6.45, 7) is 12.8. The van der Waals surface area contributed by atoms with Gasteiger partial charge in [-0.1, -0.05) is 102 Å². The lowest BCUT2D eigenvalue weighted by atomic mass is 9.80. The fourth-order valence-electron chi connectivity index (χ4n) is 6.46. The third kappa shape index (κ3) is 3.22. The highest BCUT2D eigenvalue weighted by atomic mass is 16.2. The predicted octanol–water partition coefficient (Wildman–Crippen LogP) is 9.13. The first-order valence-electron chi connectivity index (χ1n) is 13.6. The maximum Gasteiger partial charge on any atom is 0.265 e. The van der Waals surface area contributed by atoms with Gasteiger partial charge in [0.05, 0.1) is 5.69 Å². The summed E-state index contributed by atoms with van der Waals surface area (Å²) in [4.78, 5) is 30.1. The zero-order valence-electron chi connectivity index (χ0n) is 23.3. The molecule has 1 aliphatic rings. The normalized spacial score (nSPS) is 14.5. The van der Waals surface area contributed by atoms with Crippen LogP contribution in [0.5, 0.6) is 0 Å². The number of benzene rings is 6. The summed E-state index contributed by atoms with van der Waals surface area (Å²) in [6.07, 6.45) is 0. The largest absolute Gasteiger partial charge is 0.268 e. The van der Waals surface area contributed by atoms with E-state index in [2.05, 4.69) is 102 Å². The molecule has 0 aromatic heterocycles. The molecule has 6 aromatic rings. The molecule has 0 saturated heterocycles. The van der Waals surface area contributed by atoms with E-state index in [-0.39, 0.29) is 22.6 Å². The van der Waals surface area contributed by atoms with Crippen LogP contribution in [-0.2, 0) is 10.8 Å². The summed E-state index contributed by atoms with van der Waals surface area (Å²) in [5.41, 5.74) is 3.53. The number of rotatable bonds is 1. The molecule has 6 aromatic carbocycles. The monoisotopic (exact) mass is 509 g/mol. The maximum absolute atomic E-state index is 14.3. The van der Waals surface area contributed by atoms with Crippen molar-refractivity contribution >= 4 is 60.6 Å². The molecular formula is C36H31NO2. The molecule has 1 aliphatic heterocycles. The molecule has 0 fully saturated rings. The zero-order valence-corrected chi connectivity index (χ0v) is 23.3. The van der Waals surface area contributed by atoms with Crippen molar-refractivity contribution in [1.82, 2.24) is 0 Å². The van der Waals surface area contributed by atoms with Gasteiger partial charge in [-0.3, -0.25) is 9.59 Å². The number of hydrogen-bond donors (Lipinski definition) is 0. The first-order chi connectivity index (χ1) is 18.5. The fourth-order valence-corrected chi connectivity index (χ4v) is 6.46. The van der Waals surface area contributed by atoms with E-state index in [9.17, 15) is 9.59 Å². The van der Waals surface area contributed by atoms with Gasteiger partial charge in [0.1, 0.15) is 0 Å². The first-order valence-corrected chi connectivity index (χ1v) is 13.6. The number of carbonyl (C=O) groups excluding carboxylic acids is 2. The van der Waals surface area contributed by atoms with Crippen molar-refractivity contribution in [2.75, 3.05) is 4.90 Å². The molecule has 3 heteroatoms. The first kappa shape index (κ1) is 23.8. The Labute approximate surface area is 228 Å². The van der Waals surface area contributed by atoms with E-state index in [1.807, 2.05) is 18.2 Å². The smallest absolute Gasteiger partial charge is 0.265 e. The zero-order chi connectivity index (χ0) is 27.4. The average molecular weight is 510 g/mol. The summed E-state index contributed by atoms with van der Waals surface area (Å²) < 4.78 is 0. The Bertz CT molecular complexity index is 1920. The Morgan fingerprint density at radius 1 is 0.538 bits per heavy atom. The number of carbonyl (C=O) groups is 2. The second-order valence-electron chi connectivity index (χ2n) is 13.0. The molecule has 2 amide bonds. The van der Waals surface area contributed by atoms with Gasteiger partial charge in [0, 0.05) is 16.5 Å². The second-order valence-corrected chi connectivity index (χ2v) is 13.0. The molecule has 0 bridgehead atoms. The van der Waals surface area contributed by atoms with Gasteiger partial charge in [0.2, 0.25) is 0 Å². The highest BCUT2D eigenvalue weighted by Gasteiger charge is 2.38. The quantitative estimate of drug-likeness (QED) is 0.126. The molecule has 0 N–H and O–H groups in total. The summed E-state index contributed by atoms with van der Waals surface area (Å²) >= 11 is 0. The number of imide groups is 1. The van der Waals surface area contributed by atoms with E-state index in [1.165, 1.54) is 15.7 Å². The van der Waals surface area contributed by atoms with Crippen LogP contribution in [0.2, 0.25) is 0 Å². The number of fused-ring (bicyclic) bond motifs is 2. The minimum atomic E-state index is -0.259. The van der Waals surface area contributed by atoms with Crippen LogP contribution in [0.3, 0.4) is 0 Å². The van der Waals surface area contributed by atoms with E-state index >= 15 is 0 Å². The summed E-state index contributed by atoms with van der Waals surface area (Å²) in [6, 6.07) is 27.0. The van der Waals surface area contributed by atoms with E-state index in [1.54, 1.807) is 0 Å². The lowest BCUT2D eigenvalue weighted by Gasteiger charge is -2.34. The Kier molecular flexibility index (Phi) is 4.69. The SMILES string of the molecule is CC(C)(C)c1ccc(C(C)(C)C)c(N2C(=O)c3ccc4c5cccc6cccc(c7ccc(c3c47)C2=O)c65)c1. The van der Waals surface area contributed by atoms with E-state index in [0.717, 1.165) is 43.4 Å². The van der Waals surface area contributed by atoms with Gasteiger partial charge in [-0.25, -0.2) is 4.90 Å². The average Bonchev–Trinajstić information content (AvgIpc) is 2.89. The molecule has 0 aliphatic carbocycles. The lowest BCUT2D eigenvalue weighted by Crippen LogP contribution is -2.42. The van der Waals surface area contributed by atoms with Crippen molar-refractivity contribution in [3.05, 3.63) is 101 Å². The molecule has 7 rings (SSSR count). The molecule has 192 valence electrons. The van der Waals surface area contributed by atoms with Crippen LogP contribution < -0.4 is 4.90 Å². The molecule has 1 heterocycles. The molecule has 0 atom stereocenters. The van der Waals surface area contributed by atoms with Crippen molar-refractivity contribution in [3.63, 3.8) is 0 Å². The maximum atomic E-state index is 14.3. The second kappa shape index (κ2) is 7.66. The number of hydrogen-bond acceptors (Lipinski definition) is 2. The Hall–Kier alpha value is -4.24. The lowest BCUT2D eigenvalue weighted by molar-refractivity contribution is 0.0893. The van der Waals surface area contributed by atoms with Gasteiger partial charge in [-0.05, 0) is 77.9 Å². The topological polar surface area (TPSA) is 37.4 Å². The van der Waals surface area contributed by atoms with Crippen LogP contribution in [0.15, 0.2) is 78.9 Å². The third-order valence-electron chi connectivity index (χ3n) is 8.43. The van der Waals surface area contributed by atoms with Gasteiger partial charge >= 0.3 is 0 Å². The predicted molar refractivity (Wildman–Crippen MR) is 163 cm³/mol. The number of nitrogens with zero attached hydrogens (tertiary/aromatic N) is 1. The summed E-state index contributed by atoms with van der Waals surface area (Å²) in [5.74, 6) is -0.519. The third-order valence-corrected chi connectivity index (χ3v) is 8.43. The molecular weight excluding hydrogens is 478 g/mol. The van der Waals surface area contributed by atoms with Gasteiger partial charge in [0.15, 0.2) is 0 Å². The van der Waals surface area contributed by atoms with Crippen molar-refractivity contribution in [1.29, 1.82) is 0 Å². The van der Waals surface area contributed by atoms with Crippen molar-refractivity contribution < 1.29 is 9.59 Å².